The number of hydrogen-bond acceptors (Lipinski definition) is 3. The summed E-state index contributed by atoms with van der Waals surface area (Å²) in [5, 5.41) is 2.84. The van der Waals surface area contributed by atoms with Crippen LogP contribution < -0.4 is 14.8 Å². The van der Waals surface area contributed by atoms with Gasteiger partial charge in [0, 0.05) is 0 Å². The van der Waals surface area contributed by atoms with Crippen LogP contribution in [0.1, 0.15) is 51.7 Å². The van der Waals surface area contributed by atoms with E-state index in [0.29, 0.717) is 19.1 Å². The minimum atomic E-state index is -0.153. The summed E-state index contributed by atoms with van der Waals surface area (Å²) >= 11 is 0. The Morgan fingerprint density at radius 1 is 0.963 bits per heavy atom. The van der Waals surface area contributed by atoms with Crippen molar-refractivity contribution in [1.82, 2.24) is 5.32 Å². The molecule has 2 aromatic rings. The zero-order valence-electron chi connectivity index (χ0n) is 17.0. The molecule has 0 bridgehead atoms. The molecule has 27 heavy (non-hydrogen) atoms. The third-order valence-electron chi connectivity index (χ3n) is 4.28. The first-order chi connectivity index (χ1) is 12.8. The monoisotopic (exact) mass is 369 g/mol. The van der Waals surface area contributed by atoms with Crippen LogP contribution in [0.25, 0.3) is 0 Å². The van der Waals surface area contributed by atoms with Crippen molar-refractivity contribution >= 4 is 5.91 Å². The number of para-hydroxylation sites is 2. The van der Waals surface area contributed by atoms with E-state index >= 15 is 0 Å². The van der Waals surface area contributed by atoms with Gasteiger partial charge in [-0.25, -0.2) is 0 Å². The zero-order chi connectivity index (χ0) is 19.9. The summed E-state index contributed by atoms with van der Waals surface area (Å²) in [5.74, 6) is 1.87. The van der Waals surface area contributed by atoms with E-state index in [4.69, 9.17) is 9.47 Å². The van der Waals surface area contributed by atoms with E-state index in [1.807, 2.05) is 42.5 Å². The molecule has 146 valence electrons. The number of carbonyl (C=O) groups excluding carboxylic acids is 1. The smallest absolute Gasteiger partial charge is 0.258 e. The molecule has 0 spiro atoms. The van der Waals surface area contributed by atoms with Crippen molar-refractivity contribution in [3.63, 3.8) is 0 Å². The third kappa shape index (κ3) is 6.31. The quantitative estimate of drug-likeness (QED) is 0.687. The fraction of sp³-hybridized carbons (Fsp3) is 0.435. The Labute approximate surface area is 162 Å². The minimum absolute atomic E-state index is 0.00429. The van der Waals surface area contributed by atoms with Crippen LogP contribution in [0, 0.1) is 0 Å². The van der Waals surface area contributed by atoms with E-state index < -0.39 is 0 Å². The molecular weight excluding hydrogens is 338 g/mol. The van der Waals surface area contributed by atoms with Crippen LogP contribution in [0.5, 0.6) is 11.5 Å². The molecule has 0 fully saturated rings. The summed E-state index contributed by atoms with van der Waals surface area (Å²) in [6, 6.07) is 15.8. The van der Waals surface area contributed by atoms with Gasteiger partial charge in [0.05, 0.1) is 6.54 Å². The van der Waals surface area contributed by atoms with E-state index in [1.54, 1.807) is 0 Å². The molecule has 0 radical (unpaired) electrons. The highest BCUT2D eigenvalue weighted by molar-refractivity contribution is 5.77. The van der Waals surface area contributed by atoms with Crippen molar-refractivity contribution in [3.05, 3.63) is 59.7 Å². The fourth-order valence-corrected chi connectivity index (χ4v) is 2.85. The summed E-state index contributed by atoms with van der Waals surface area (Å²) in [6.45, 7) is 11.5. The van der Waals surface area contributed by atoms with Crippen molar-refractivity contribution in [2.45, 2.75) is 46.0 Å². The maximum atomic E-state index is 12.1. The molecule has 0 atom stereocenters. The lowest BCUT2D eigenvalue weighted by Gasteiger charge is -2.22. The summed E-state index contributed by atoms with van der Waals surface area (Å²) in [5.41, 5.74) is 2.22. The van der Waals surface area contributed by atoms with Gasteiger partial charge in [-0.2, -0.15) is 0 Å². The molecule has 2 aromatic carbocycles. The second-order valence-corrected chi connectivity index (χ2v) is 7.93. The molecule has 0 saturated carbocycles. The fourth-order valence-electron chi connectivity index (χ4n) is 2.85. The summed E-state index contributed by atoms with van der Waals surface area (Å²) in [6.07, 6.45) is 0. The largest absolute Gasteiger partial charge is 0.491 e. The molecule has 0 aliphatic heterocycles. The Bertz CT molecular complexity index is 747. The van der Waals surface area contributed by atoms with Crippen molar-refractivity contribution < 1.29 is 14.3 Å². The maximum absolute atomic E-state index is 12.1. The molecule has 4 nitrogen and oxygen atoms in total. The summed E-state index contributed by atoms with van der Waals surface area (Å²) in [7, 11) is 0. The molecular formula is C23H31NO3. The van der Waals surface area contributed by atoms with Gasteiger partial charge in [0.1, 0.15) is 18.1 Å². The molecule has 4 heteroatoms. The van der Waals surface area contributed by atoms with Crippen LogP contribution >= 0.6 is 0 Å². The minimum Gasteiger partial charge on any atom is -0.491 e. The van der Waals surface area contributed by atoms with Crippen LogP contribution in [0.4, 0.5) is 0 Å². The predicted octanol–water partition coefficient (Wildman–Crippen LogP) is 4.68. The highest BCUT2D eigenvalue weighted by Gasteiger charge is 2.18. The Morgan fingerprint density at radius 3 is 2.26 bits per heavy atom. The highest BCUT2D eigenvalue weighted by Crippen LogP contribution is 2.30. The maximum Gasteiger partial charge on any atom is 0.258 e. The van der Waals surface area contributed by atoms with E-state index in [0.717, 1.165) is 17.1 Å². The Morgan fingerprint density at radius 2 is 1.59 bits per heavy atom. The molecule has 2 rings (SSSR count). The number of benzene rings is 2. The van der Waals surface area contributed by atoms with Crippen molar-refractivity contribution in [2.75, 3.05) is 19.8 Å². The van der Waals surface area contributed by atoms with Gasteiger partial charge in [-0.15, -0.1) is 0 Å². The standard InChI is InChI=1S/C23H31NO3/c1-17(2)18-10-6-8-12-20(18)26-15-14-24-22(25)16-27-21-13-9-7-11-19(21)23(3,4)5/h6-13,17H,14-16H2,1-5H3,(H,24,25). The first-order valence-corrected chi connectivity index (χ1v) is 9.49. The average molecular weight is 370 g/mol. The van der Waals surface area contributed by atoms with Gasteiger partial charge in [-0.3, -0.25) is 4.79 Å². The Kier molecular flexibility index (Phi) is 7.28. The van der Waals surface area contributed by atoms with Crippen molar-refractivity contribution in [3.8, 4) is 11.5 Å². The van der Waals surface area contributed by atoms with Gasteiger partial charge < -0.3 is 14.8 Å². The van der Waals surface area contributed by atoms with Crippen molar-refractivity contribution in [1.29, 1.82) is 0 Å². The van der Waals surface area contributed by atoms with Crippen LogP contribution in [0.3, 0.4) is 0 Å². The SMILES string of the molecule is CC(C)c1ccccc1OCCNC(=O)COc1ccccc1C(C)(C)C. The van der Waals surface area contributed by atoms with E-state index in [2.05, 4.69) is 46.0 Å². The van der Waals surface area contributed by atoms with Gasteiger partial charge in [0.2, 0.25) is 0 Å². The molecule has 0 unspecified atom stereocenters. The first kappa shape index (κ1) is 20.8. The van der Waals surface area contributed by atoms with Gasteiger partial charge >= 0.3 is 0 Å². The number of carbonyl (C=O) groups is 1. The second kappa shape index (κ2) is 9.45. The lowest BCUT2D eigenvalue weighted by molar-refractivity contribution is -0.123. The lowest BCUT2D eigenvalue weighted by Crippen LogP contribution is -2.32. The van der Waals surface area contributed by atoms with Crippen LogP contribution in [-0.4, -0.2) is 25.7 Å². The van der Waals surface area contributed by atoms with Gasteiger partial charge in [0.15, 0.2) is 6.61 Å². The van der Waals surface area contributed by atoms with Gasteiger partial charge in [-0.05, 0) is 34.6 Å². The number of rotatable bonds is 8. The van der Waals surface area contributed by atoms with Crippen molar-refractivity contribution in [2.24, 2.45) is 0 Å². The lowest BCUT2D eigenvalue weighted by atomic mass is 9.86. The third-order valence-corrected chi connectivity index (χ3v) is 4.28. The summed E-state index contributed by atoms with van der Waals surface area (Å²) < 4.78 is 11.6. The molecule has 0 aliphatic rings. The normalized spacial score (nSPS) is 11.3. The molecule has 0 heterocycles. The highest BCUT2D eigenvalue weighted by atomic mass is 16.5. The molecule has 1 amide bonds. The molecule has 1 N–H and O–H groups in total. The second-order valence-electron chi connectivity index (χ2n) is 7.93. The van der Waals surface area contributed by atoms with E-state index in [1.165, 1.54) is 5.56 Å². The zero-order valence-corrected chi connectivity index (χ0v) is 17.0. The van der Waals surface area contributed by atoms with E-state index in [-0.39, 0.29) is 17.9 Å². The molecule has 0 saturated heterocycles. The number of hydrogen-bond donors (Lipinski definition) is 1. The predicted molar refractivity (Wildman–Crippen MR) is 110 cm³/mol. The number of ether oxygens (including phenoxy) is 2. The van der Waals surface area contributed by atoms with Gasteiger partial charge in [0.25, 0.3) is 5.91 Å². The van der Waals surface area contributed by atoms with Gasteiger partial charge in [-0.1, -0.05) is 71.0 Å². The first-order valence-electron chi connectivity index (χ1n) is 9.49. The number of nitrogens with one attached hydrogen (secondary N) is 1. The molecule has 0 aliphatic carbocycles. The Hall–Kier alpha value is -2.49. The van der Waals surface area contributed by atoms with Crippen LogP contribution in [0.15, 0.2) is 48.5 Å². The molecule has 0 aromatic heterocycles. The topological polar surface area (TPSA) is 47.6 Å². The number of amides is 1. The van der Waals surface area contributed by atoms with Crippen LogP contribution in [0.2, 0.25) is 0 Å². The van der Waals surface area contributed by atoms with E-state index in [9.17, 15) is 4.79 Å². The summed E-state index contributed by atoms with van der Waals surface area (Å²) in [4.78, 5) is 12.1. The van der Waals surface area contributed by atoms with Crippen LogP contribution in [-0.2, 0) is 10.2 Å². The Balaban J connectivity index is 1.78. The average Bonchev–Trinajstić information content (AvgIpc) is 2.63.